The summed E-state index contributed by atoms with van der Waals surface area (Å²) in [5.74, 6) is -0.177. The highest BCUT2D eigenvalue weighted by Crippen LogP contribution is 2.25. The van der Waals surface area contributed by atoms with Crippen molar-refractivity contribution in [3.8, 4) is 11.1 Å². The monoisotopic (exact) mass is 299 g/mol. The minimum absolute atomic E-state index is 0.177. The van der Waals surface area contributed by atoms with Gasteiger partial charge >= 0.3 is 5.97 Å². The minimum Gasteiger partial charge on any atom is -0.472 e. The van der Waals surface area contributed by atoms with Crippen molar-refractivity contribution in [2.45, 2.75) is 0 Å². The quantitative estimate of drug-likeness (QED) is 0.809. The molecule has 0 amide bonds. The Kier molecular flexibility index (Phi) is 4.44. The van der Waals surface area contributed by atoms with Crippen LogP contribution in [0.3, 0.4) is 0 Å². The fourth-order valence-corrected chi connectivity index (χ4v) is 2.65. The van der Waals surface area contributed by atoms with Gasteiger partial charge < -0.3 is 14.1 Å². The molecule has 1 saturated heterocycles. The van der Waals surface area contributed by atoms with E-state index in [9.17, 15) is 4.79 Å². The molecule has 3 rings (SSSR count). The number of furan rings is 1. The van der Waals surface area contributed by atoms with Crippen molar-refractivity contribution in [3.63, 3.8) is 0 Å². The smallest absolute Gasteiger partial charge is 0.319 e. The van der Waals surface area contributed by atoms with Gasteiger partial charge in [0.05, 0.1) is 26.2 Å². The Balaban J connectivity index is 1.64. The fourth-order valence-electron chi connectivity index (χ4n) is 2.65. The number of ether oxygens (including phenoxy) is 1. The number of methoxy groups -OCH3 is 1. The maximum Gasteiger partial charge on any atom is 0.319 e. The van der Waals surface area contributed by atoms with E-state index < -0.39 is 0 Å². The summed E-state index contributed by atoms with van der Waals surface area (Å²) in [5.41, 5.74) is 3.31. The van der Waals surface area contributed by atoms with Crippen LogP contribution in [0.15, 0.2) is 41.2 Å². The number of anilines is 1. The zero-order valence-electron chi connectivity index (χ0n) is 12.6. The summed E-state index contributed by atoms with van der Waals surface area (Å²) in [7, 11) is 1.43. The third kappa shape index (κ3) is 3.31. The molecular formula is C17H19N2O3. The number of benzene rings is 1. The van der Waals surface area contributed by atoms with Gasteiger partial charge in [0, 0.05) is 37.4 Å². The normalized spacial score (nSPS) is 15.8. The molecule has 1 fully saturated rings. The van der Waals surface area contributed by atoms with E-state index in [4.69, 9.17) is 9.15 Å². The molecule has 2 heterocycles. The van der Waals surface area contributed by atoms with Crippen LogP contribution >= 0.6 is 0 Å². The molecule has 0 bridgehead atoms. The first kappa shape index (κ1) is 14.7. The Bertz CT molecular complexity index is 617. The van der Waals surface area contributed by atoms with Gasteiger partial charge in [-0.1, -0.05) is 0 Å². The van der Waals surface area contributed by atoms with E-state index in [2.05, 4.69) is 21.9 Å². The molecule has 1 radical (unpaired) electrons. The molecule has 1 aromatic carbocycles. The molecule has 5 heteroatoms. The van der Waals surface area contributed by atoms with Crippen molar-refractivity contribution < 1.29 is 13.9 Å². The summed E-state index contributed by atoms with van der Waals surface area (Å²) in [5, 5.41) is 0. The number of esters is 1. The molecule has 0 aliphatic carbocycles. The summed E-state index contributed by atoms with van der Waals surface area (Å²) in [6.45, 7) is 3.85. The summed E-state index contributed by atoms with van der Waals surface area (Å²) in [6, 6.07) is 11.3. The zero-order valence-corrected chi connectivity index (χ0v) is 12.6. The maximum atomic E-state index is 11.3. The van der Waals surface area contributed by atoms with Crippen LogP contribution in [0.2, 0.25) is 0 Å². The Morgan fingerprint density at radius 1 is 1.27 bits per heavy atom. The lowest BCUT2D eigenvalue weighted by atomic mass is 10.1. The second-order valence-corrected chi connectivity index (χ2v) is 5.33. The van der Waals surface area contributed by atoms with Gasteiger partial charge in [0.25, 0.3) is 0 Å². The number of piperazine rings is 1. The molecule has 0 N–H and O–H groups in total. The van der Waals surface area contributed by atoms with Crippen LogP contribution < -0.4 is 4.90 Å². The molecular weight excluding hydrogens is 280 g/mol. The second kappa shape index (κ2) is 6.66. The van der Waals surface area contributed by atoms with Crippen LogP contribution in [0.5, 0.6) is 0 Å². The topological polar surface area (TPSA) is 45.9 Å². The second-order valence-electron chi connectivity index (χ2n) is 5.33. The van der Waals surface area contributed by atoms with E-state index in [1.807, 2.05) is 18.2 Å². The standard InChI is InChI=1S/C17H19N2O3/c1-21-17(20)12-18-6-8-19(9-7-18)16-4-2-3-14(11-16)15-5-10-22-13-15/h3-5,10-11,13H,6-9,12H2,1H3. The number of hydrogen-bond acceptors (Lipinski definition) is 5. The molecule has 0 unspecified atom stereocenters. The van der Waals surface area contributed by atoms with Gasteiger partial charge in [0.2, 0.25) is 0 Å². The van der Waals surface area contributed by atoms with Crippen molar-refractivity contribution in [3.05, 3.63) is 42.9 Å². The van der Waals surface area contributed by atoms with Crippen LogP contribution in [0.4, 0.5) is 5.69 Å². The Labute approximate surface area is 130 Å². The number of hydrogen-bond donors (Lipinski definition) is 0. The van der Waals surface area contributed by atoms with Crippen LogP contribution in [-0.2, 0) is 9.53 Å². The summed E-state index contributed by atoms with van der Waals surface area (Å²) >= 11 is 0. The van der Waals surface area contributed by atoms with Crippen LogP contribution in [0.25, 0.3) is 11.1 Å². The van der Waals surface area contributed by atoms with E-state index in [1.54, 1.807) is 12.5 Å². The van der Waals surface area contributed by atoms with Crippen molar-refractivity contribution >= 4 is 11.7 Å². The molecule has 0 atom stereocenters. The Hall–Kier alpha value is -2.27. The largest absolute Gasteiger partial charge is 0.472 e. The van der Waals surface area contributed by atoms with Gasteiger partial charge in [-0.05, 0) is 35.9 Å². The van der Waals surface area contributed by atoms with E-state index in [0.29, 0.717) is 6.54 Å². The number of nitrogens with zero attached hydrogens (tertiary/aromatic N) is 2. The maximum absolute atomic E-state index is 11.3. The molecule has 1 aliphatic rings. The van der Waals surface area contributed by atoms with Crippen LogP contribution in [0.1, 0.15) is 0 Å². The van der Waals surface area contributed by atoms with Crippen molar-refractivity contribution in [1.29, 1.82) is 0 Å². The minimum atomic E-state index is -0.177. The highest BCUT2D eigenvalue weighted by molar-refractivity contribution is 5.71. The van der Waals surface area contributed by atoms with E-state index in [-0.39, 0.29) is 5.97 Å². The predicted octanol–water partition coefficient (Wildman–Crippen LogP) is 2.04. The first-order chi connectivity index (χ1) is 10.8. The lowest BCUT2D eigenvalue weighted by Gasteiger charge is -2.35. The molecule has 22 heavy (non-hydrogen) atoms. The molecule has 0 spiro atoms. The lowest BCUT2D eigenvalue weighted by molar-refractivity contribution is -0.142. The highest BCUT2D eigenvalue weighted by atomic mass is 16.5. The summed E-state index contributed by atoms with van der Waals surface area (Å²) in [4.78, 5) is 15.7. The average Bonchev–Trinajstić information content (AvgIpc) is 3.10. The van der Waals surface area contributed by atoms with E-state index >= 15 is 0 Å². The van der Waals surface area contributed by atoms with E-state index in [0.717, 1.165) is 43.0 Å². The fraction of sp³-hybridized carbons (Fsp3) is 0.353. The summed E-state index contributed by atoms with van der Waals surface area (Å²) < 4.78 is 9.85. The number of rotatable bonds is 4. The van der Waals surface area contributed by atoms with Gasteiger partial charge in [-0.3, -0.25) is 9.69 Å². The van der Waals surface area contributed by atoms with E-state index in [1.165, 1.54) is 7.11 Å². The molecule has 115 valence electrons. The Morgan fingerprint density at radius 2 is 2.09 bits per heavy atom. The van der Waals surface area contributed by atoms with Gasteiger partial charge in [0.15, 0.2) is 0 Å². The highest BCUT2D eigenvalue weighted by Gasteiger charge is 2.19. The first-order valence-corrected chi connectivity index (χ1v) is 7.34. The summed E-state index contributed by atoms with van der Waals surface area (Å²) in [6.07, 6.45) is 3.41. The van der Waals surface area contributed by atoms with Crippen molar-refractivity contribution in [2.24, 2.45) is 0 Å². The number of carbonyl (C=O) groups excluding carboxylic acids is 1. The predicted molar refractivity (Wildman–Crippen MR) is 83.6 cm³/mol. The molecule has 5 nitrogen and oxygen atoms in total. The van der Waals surface area contributed by atoms with Crippen molar-refractivity contribution in [2.75, 3.05) is 44.7 Å². The molecule has 2 aromatic rings. The van der Waals surface area contributed by atoms with Gasteiger partial charge in [-0.2, -0.15) is 0 Å². The lowest BCUT2D eigenvalue weighted by Crippen LogP contribution is -2.48. The zero-order chi connectivity index (χ0) is 15.4. The van der Waals surface area contributed by atoms with Crippen LogP contribution in [0, 0.1) is 6.07 Å². The van der Waals surface area contributed by atoms with Crippen LogP contribution in [-0.4, -0.2) is 50.7 Å². The SMILES string of the molecule is COC(=O)CN1CCN(c2c[c]cc(-c3ccoc3)c2)CC1. The molecule has 0 saturated carbocycles. The number of carbonyl (C=O) groups is 1. The van der Waals surface area contributed by atoms with Gasteiger partial charge in [-0.25, -0.2) is 0 Å². The Morgan fingerprint density at radius 3 is 2.77 bits per heavy atom. The van der Waals surface area contributed by atoms with Crippen molar-refractivity contribution in [1.82, 2.24) is 4.90 Å². The third-order valence-corrected chi connectivity index (χ3v) is 3.95. The molecule has 1 aliphatic heterocycles. The van der Waals surface area contributed by atoms with Gasteiger partial charge in [0.1, 0.15) is 0 Å². The van der Waals surface area contributed by atoms with Gasteiger partial charge in [-0.15, -0.1) is 0 Å². The molecule has 1 aromatic heterocycles. The first-order valence-electron chi connectivity index (χ1n) is 7.34. The average molecular weight is 299 g/mol. The third-order valence-electron chi connectivity index (χ3n) is 3.95.